The third kappa shape index (κ3) is 3.31. The van der Waals surface area contributed by atoms with Crippen molar-refractivity contribution < 1.29 is 4.79 Å². The molecule has 98 valence electrons. The number of aryl methyl sites for hydroxylation is 1. The smallest absolute Gasteiger partial charge is 0.238 e. The molecule has 0 bridgehead atoms. The number of carbonyl (C=O) groups is 1. The fourth-order valence-corrected chi connectivity index (χ4v) is 2.48. The van der Waals surface area contributed by atoms with Gasteiger partial charge in [-0.25, -0.2) is 5.84 Å². The summed E-state index contributed by atoms with van der Waals surface area (Å²) in [5.41, 5.74) is 4.84. The van der Waals surface area contributed by atoms with Crippen LogP contribution < -0.4 is 11.3 Å². The number of nitrogens with zero attached hydrogens (tertiary/aromatic N) is 1. The molecule has 3 N–H and O–H groups in total. The van der Waals surface area contributed by atoms with Crippen LogP contribution in [-0.4, -0.2) is 23.9 Å². The first-order chi connectivity index (χ1) is 8.69. The maximum Gasteiger partial charge on any atom is 0.238 e. The Bertz CT molecular complexity index is 402. The number of amides is 1. The molecule has 2 rings (SSSR count). The van der Waals surface area contributed by atoms with Gasteiger partial charge in [0.15, 0.2) is 0 Å². The molecule has 1 fully saturated rings. The molecule has 0 radical (unpaired) electrons. The fraction of sp³-hybridized carbons (Fsp3) is 0.500. The lowest BCUT2D eigenvalue weighted by Gasteiger charge is -2.31. The lowest BCUT2D eigenvalue weighted by molar-refractivity contribution is -0.126. The van der Waals surface area contributed by atoms with Crippen molar-refractivity contribution in [3.05, 3.63) is 35.4 Å². The summed E-state index contributed by atoms with van der Waals surface area (Å²) >= 11 is 0. The monoisotopic (exact) mass is 247 g/mol. The van der Waals surface area contributed by atoms with Crippen molar-refractivity contribution in [1.29, 1.82) is 0 Å². The predicted octanol–water partition coefficient (Wildman–Crippen LogP) is 1.20. The number of benzene rings is 1. The highest BCUT2D eigenvalue weighted by Gasteiger charge is 2.24. The van der Waals surface area contributed by atoms with Crippen LogP contribution in [0, 0.1) is 12.8 Å². The highest BCUT2D eigenvalue weighted by molar-refractivity contribution is 5.78. The van der Waals surface area contributed by atoms with E-state index < -0.39 is 0 Å². The van der Waals surface area contributed by atoms with Crippen molar-refractivity contribution in [2.45, 2.75) is 26.3 Å². The summed E-state index contributed by atoms with van der Waals surface area (Å²) in [6.45, 7) is 4.86. The molecule has 1 aromatic carbocycles. The normalized spacial score (nSPS) is 20.7. The van der Waals surface area contributed by atoms with Crippen LogP contribution in [0.15, 0.2) is 24.3 Å². The Morgan fingerprint density at radius 1 is 1.44 bits per heavy atom. The molecule has 1 aliphatic rings. The molecule has 1 aromatic rings. The van der Waals surface area contributed by atoms with E-state index in [-0.39, 0.29) is 11.8 Å². The van der Waals surface area contributed by atoms with Crippen LogP contribution in [0.1, 0.15) is 24.0 Å². The van der Waals surface area contributed by atoms with Gasteiger partial charge in [-0.3, -0.25) is 15.1 Å². The molecule has 0 saturated carbocycles. The zero-order chi connectivity index (χ0) is 13.0. The molecular formula is C14H21N3O. The van der Waals surface area contributed by atoms with Crippen molar-refractivity contribution >= 4 is 5.91 Å². The number of hydrazine groups is 1. The van der Waals surface area contributed by atoms with Crippen LogP contribution in [-0.2, 0) is 11.3 Å². The van der Waals surface area contributed by atoms with Gasteiger partial charge in [-0.1, -0.05) is 29.8 Å². The summed E-state index contributed by atoms with van der Waals surface area (Å²) in [4.78, 5) is 13.9. The average molecular weight is 247 g/mol. The standard InChI is InChI=1S/C14H21N3O/c1-11-4-6-12(7-5-11)9-17-8-2-3-13(10-17)14(18)16-15/h4-7,13H,2-3,8-10,15H2,1H3,(H,16,18)/t13-/m1/s1. The summed E-state index contributed by atoms with van der Waals surface area (Å²) in [6.07, 6.45) is 2.00. The van der Waals surface area contributed by atoms with Crippen LogP contribution in [0.5, 0.6) is 0 Å². The summed E-state index contributed by atoms with van der Waals surface area (Å²) in [6, 6.07) is 8.57. The average Bonchev–Trinajstić information content (AvgIpc) is 2.41. The first-order valence-electron chi connectivity index (χ1n) is 6.47. The number of hydrogen-bond donors (Lipinski definition) is 2. The second-order valence-corrected chi connectivity index (χ2v) is 5.07. The maximum absolute atomic E-state index is 11.5. The third-order valence-electron chi connectivity index (χ3n) is 3.55. The number of piperidine rings is 1. The molecule has 18 heavy (non-hydrogen) atoms. The molecular weight excluding hydrogens is 226 g/mol. The van der Waals surface area contributed by atoms with Gasteiger partial charge in [0.1, 0.15) is 0 Å². The van der Waals surface area contributed by atoms with Gasteiger partial charge in [0, 0.05) is 13.1 Å². The Kier molecular flexibility index (Phi) is 4.33. The van der Waals surface area contributed by atoms with E-state index >= 15 is 0 Å². The minimum atomic E-state index is -0.0383. The van der Waals surface area contributed by atoms with Crippen molar-refractivity contribution in [2.75, 3.05) is 13.1 Å². The third-order valence-corrected chi connectivity index (χ3v) is 3.55. The number of nitrogens with two attached hydrogens (primary N) is 1. The molecule has 1 aliphatic heterocycles. The van der Waals surface area contributed by atoms with Crippen LogP contribution in [0.3, 0.4) is 0 Å². The van der Waals surface area contributed by atoms with Gasteiger partial charge in [-0.05, 0) is 31.9 Å². The summed E-state index contributed by atoms with van der Waals surface area (Å²) in [5.74, 6) is 5.20. The van der Waals surface area contributed by atoms with E-state index in [2.05, 4.69) is 41.5 Å². The van der Waals surface area contributed by atoms with E-state index in [9.17, 15) is 4.79 Å². The van der Waals surface area contributed by atoms with Crippen molar-refractivity contribution in [1.82, 2.24) is 10.3 Å². The zero-order valence-electron chi connectivity index (χ0n) is 10.9. The molecule has 4 nitrogen and oxygen atoms in total. The molecule has 4 heteroatoms. The molecule has 1 heterocycles. The van der Waals surface area contributed by atoms with E-state index in [1.54, 1.807) is 0 Å². The first-order valence-corrected chi connectivity index (χ1v) is 6.47. The molecule has 1 atom stereocenters. The number of nitrogens with one attached hydrogen (secondary N) is 1. The predicted molar refractivity (Wildman–Crippen MR) is 71.5 cm³/mol. The van der Waals surface area contributed by atoms with Crippen LogP contribution in [0.25, 0.3) is 0 Å². The van der Waals surface area contributed by atoms with Gasteiger partial charge >= 0.3 is 0 Å². The van der Waals surface area contributed by atoms with E-state index in [1.165, 1.54) is 11.1 Å². The molecule has 0 unspecified atom stereocenters. The van der Waals surface area contributed by atoms with Gasteiger partial charge in [-0.15, -0.1) is 0 Å². The first kappa shape index (κ1) is 13.1. The van der Waals surface area contributed by atoms with Gasteiger partial charge in [0.2, 0.25) is 5.91 Å². The molecule has 0 spiro atoms. The number of likely N-dealkylation sites (tertiary alicyclic amines) is 1. The fourth-order valence-electron chi connectivity index (χ4n) is 2.48. The highest BCUT2D eigenvalue weighted by atomic mass is 16.2. The topological polar surface area (TPSA) is 58.4 Å². The Hall–Kier alpha value is -1.39. The largest absolute Gasteiger partial charge is 0.298 e. The van der Waals surface area contributed by atoms with Gasteiger partial charge in [-0.2, -0.15) is 0 Å². The SMILES string of the molecule is Cc1ccc(CN2CCC[C@@H](C(=O)NN)C2)cc1. The van der Waals surface area contributed by atoms with Crippen molar-refractivity contribution in [2.24, 2.45) is 11.8 Å². The Balaban J connectivity index is 1.93. The molecule has 0 aliphatic carbocycles. The highest BCUT2D eigenvalue weighted by Crippen LogP contribution is 2.18. The van der Waals surface area contributed by atoms with Gasteiger partial charge in [0.05, 0.1) is 5.92 Å². The number of rotatable bonds is 3. The van der Waals surface area contributed by atoms with E-state index in [4.69, 9.17) is 5.84 Å². The molecule has 1 amide bonds. The lowest BCUT2D eigenvalue weighted by Crippen LogP contribution is -2.44. The minimum absolute atomic E-state index is 0.0363. The Morgan fingerprint density at radius 2 is 2.17 bits per heavy atom. The zero-order valence-corrected chi connectivity index (χ0v) is 10.9. The Labute approximate surface area is 108 Å². The van der Waals surface area contributed by atoms with Crippen LogP contribution >= 0.6 is 0 Å². The van der Waals surface area contributed by atoms with Gasteiger partial charge < -0.3 is 0 Å². The molecule has 1 saturated heterocycles. The second kappa shape index (κ2) is 5.98. The second-order valence-electron chi connectivity index (χ2n) is 5.07. The Morgan fingerprint density at radius 3 is 2.83 bits per heavy atom. The quantitative estimate of drug-likeness (QED) is 0.479. The number of hydrogen-bond acceptors (Lipinski definition) is 3. The summed E-state index contributed by atoms with van der Waals surface area (Å²) in [5, 5.41) is 0. The van der Waals surface area contributed by atoms with E-state index in [0.717, 1.165) is 32.5 Å². The van der Waals surface area contributed by atoms with E-state index in [0.29, 0.717) is 0 Å². The van der Waals surface area contributed by atoms with Gasteiger partial charge in [0.25, 0.3) is 0 Å². The van der Waals surface area contributed by atoms with Crippen LogP contribution in [0.2, 0.25) is 0 Å². The van der Waals surface area contributed by atoms with Crippen molar-refractivity contribution in [3.63, 3.8) is 0 Å². The minimum Gasteiger partial charge on any atom is -0.298 e. The summed E-state index contributed by atoms with van der Waals surface area (Å²) < 4.78 is 0. The van der Waals surface area contributed by atoms with Crippen molar-refractivity contribution in [3.8, 4) is 0 Å². The number of carbonyl (C=O) groups excluding carboxylic acids is 1. The van der Waals surface area contributed by atoms with E-state index in [1.807, 2.05) is 0 Å². The van der Waals surface area contributed by atoms with Crippen LogP contribution in [0.4, 0.5) is 0 Å². The summed E-state index contributed by atoms with van der Waals surface area (Å²) in [7, 11) is 0. The molecule has 0 aromatic heterocycles. The lowest BCUT2D eigenvalue weighted by atomic mass is 9.97. The maximum atomic E-state index is 11.5.